The first-order valence-corrected chi connectivity index (χ1v) is 13.2. The highest BCUT2D eigenvalue weighted by Crippen LogP contribution is 2.41. The minimum atomic E-state index is -4.70. The summed E-state index contributed by atoms with van der Waals surface area (Å²) in [5.74, 6) is -1.12. The molecule has 2 N–H and O–H groups in total. The van der Waals surface area contributed by atoms with Gasteiger partial charge in [-0.1, -0.05) is 28.1 Å². The molecule has 0 aromatic heterocycles. The first kappa shape index (κ1) is 30.0. The average Bonchev–Trinajstić information content (AvgIpc) is 3.01. The molecule has 1 heterocycles. The number of likely N-dealkylation sites (N-methyl/N-ethyl adjacent to an activating group) is 1. The lowest BCUT2D eigenvalue weighted by Crippen LogP contribution is -2.57. The Bertz CT molecular complexity index is 1520. The van der Waals surface area contributed by atoms with Crippen molar-refractivity contribution in [3.63, 3.8) is 0 Å². The maximum atomic E-state index is 14.1. The standard InChI is InChI=1S/C28H27BrF3N3O6/c1-14(34(3)27(38)39)25(36)33-24-15(2)41-23-10-6-17(28(30,31)32)12-21(23)35(26(24)37)13-20-19-8-7-18(29)11-16(19)5-9-22(20)40-4/h5-12,14-15,24H,13H2,1-4H3,(H,33,36)(H,38,39)/t14-,15-,24-/m0/s1. The molecule has 0 fully saturated rings. The van der Waals surface area contributed by atoms with E-state index in [-0.39, 0.29) is 18.0 Å². The molecule has 1 aliphatic rings. The number of benzene rings is 3. The van der Waals surface area contributed by atoms with Crippen LogP contribution in [0.3, 0.4) is 0 Å². The van der Waals surface area contributed by atoms with E-state index in [1.54, 1.807) is 18.2 Å². The van der Waals surface area contributed by atoms with Gasteiger partial charge < -0.3 is 24.8 Å². The fraction of sp³-hybridized carbons (Fsp3) is 0.321. The van der Waals surface area contributed by atoms with Gasteiger partial charge in [0.2, 0.25) is 5.91 Å². The van der Waals surface area contributed by atoms with E-state index in [9.17, 15) is 32.7 Å². The van der Waals surface area contributed by atoms with Crippen molar-refractivity contribution in [2.45, 2.75) is 44.8 Å². The number of carboxylic acid groups (broad SMARTS) is 1. The number of alkyl halides is 3. The van der Waals surface area contributed by atoms with Crippen molar-refractivity contribution in [3.8, 4) is 11.5 Å². The Morgan fingerprint density at radius 1 is 1.20 bits per heavy atom. The van der Waals surface area contributed by atoms with E-state index < -0.39 is 47.8 Å². The molecule has 0 saturated heterocycles. The van der Waals surface area contributed by atoms with Crippen LogP contribution in [0, 0.1) is 0 Å². The van der Waals surface area contributed by atoms with E-state index >= 15 is 0 Å². The first-order valence-electron chi connectivity index (χ1n) is 12.4. The molecule has 0 aliphatic carbocycles. The van der Waals surface area contributed by atoms with Gasteiger partial charge in [-0.2, -0.15) is 13.2 Å². The Kier molecular flexibility index (Phi) is 8.39. The van der Waals surface area contributed by atoms with E-state index in [4.69, 9.17) is 9.47 Å². The number of ether oxygens (including phenoxy) is 2. The van der Waals surface area contributed by atoms with Gasteiger partial charge in [0.15, 0.2) is 0 Å². The molecule has 3 atom stereocenters. The number of nitrogens with zero attached hydrogens (tertiary/aromatic N) is 2. The summed E-state index contributed by atoms with van der Waals surface area (Å²) >= 11 is 3.43. The van der Waals surface area contributed by atoms with E-state index in [1.165, 1.54) is 28.0 Å². The normalized spacial score (nSPS) is 17.8. The topological polar surface area (TPSA) is 108 Å². The Morgan fingerprint density at radius 2 is 1.90 bits per heavy atom. The van der Waals surface area contributed by atoms with Crippen LogP contribution in [0.5, 0.6) is 11.5 Å². The maximum Gasteiger partial charge on any atom is 0.416 e. The Hall–Kier alpha value is -4.00. The summed E-state index contributed by atoms with van der Waals surface area (Å²) in [6.07, 6.45) is -7.07. The molecule has 4 rings (SSSR count). The van der Waals surface area contributed by atoms with Gasteiger partial charge >= 0.3 is 12.3 Å². The number of nitrogens with one attached hydrogen (secondary N) is 1. The Balaban J connectivity index is 1.85. The van der Waals surface area contributed by atoms with Crippen molar-refractivity contribution in [2.75, 3.05) is 19.1 Å². The molecule has 9 nitrogen and oxygen atoms in total. The number of fused-ring (bicyclic) bond motifs is 2. The molecular weight excluding hydrogens is 611 g/mol. The molecule has 0 saturated carbocycles. The fourth-order valence-electron chi connectivity index (χ4n) is 4.58. The highest BCUT2D eigenvalue weighted by Gasteiger charge is 2.41. The van der Waals surface area contributed by atoms with Gasteiger partial charge in [-0.05, 0) is 61.0 Å². The van der Waals surface area contributed by atoms with Crippen LogP contribution in [-0.2, 0) is 22.3 Å². The van der Waals surface area contributed by atoms with E-state index in [2.05, 4.69) is 21.2 Å². The SMILES string of the molecule is COc1ccc2cc(Br)ccc2c1CN1C(=O)[C@@H](NC(=O)[C@H](C)N(C)C(=O)O)[C@H](C)Oc2ccc(C(F)(F)F)cc21. The third-order valence-electron chi connectivity index (χ3n) is 7.04. The summed E-state index contributed by atoms with van der Waals surface area (Å²) in [7, 11) is 2.64. The van der Waals surface area contributed by atoms with E-state index in [1.807, 2.05) is 12.1 Å². The van der Waals surface area contributed by atoms with Crippen LogP contribution in [0.1, 0.15) is 25.0 Å². The lowest BCUT2D eigenvalue weighted by atomic mass is 10.0. The minimum absolute atomic E-state index is 0.00764. The second kappa shape index (κ2) is 11.5. The molecule has 0 radical (unpaired) electrons. The molecule has 0 unspecified atom stereocenters. The molecule has 13 heteroatoms. The third-order valence-corrected chi connectivity index (χ3v) is 7.53. The van der Waals surface area contributed by atoms with Gasteiger partial charge in [0.05, 0.1) is 24.9 Å². The minimum Gasteiger partial charge on any atom is -0.496 e. The number of hydrogen-bond acceptors (Lipinski definition) is 5. The average molecular weight is 638 g/mol. The zero-order chi connectivity index (χ0) is 30.2. The monoisotopic (exact) mass is 637 g/mol. The molecule has 3 amide bonds. The van der Waals surface area contributed by atoms with Crippen molar-refractivity contribution < 1.29 is 42.1 Å². The van der Waals surface area contributed by atoms with Crippen molar-refractivity contribution in [3.05, 3.63) is 64.1 Å². The second-order valence-corrected chi connectivity index (χ2v) is 10.5. The Morgan fingerprint density at radius 3 is 2.54 bits per heavy atom. The van der Waals surface area contributed by atoms with Crippen LogP contribution < -0.4 is 19.7 Å². The fourth-order valence-corrected chi connectivity index (χ4v) is 4.95. The second-order valence-electron chi connectivity index (χ2n) is 9.60. The van der Waals surface area contributed by atoms with Gasteiger partial charge in [-0.15, -0.1) is 0 Å². The lowest BCUT2D eigenvalue weighted by molar-refractivity contribution is -0.137. The summed E-state index contributed by atoms with van der Waals surface area (Å²) < 4.78 is 53.5. The molecule has 3 aromatic rings. The van der Waals surface area contributed by atoms with Gasteiger partial charge in [0.1, 0.15) is 29.7 Å². The zero-order valence-electron chi connectivity index (χ0n) is 22.5. The number of amides is 3. The molecule has 218 valence electrons. The van der Waals surface area contributed by atoms with Crippen LogP contribution in [-0.4, -0.2) is 60.3 Å². The summed E-state index contributed by atoms with van der Waals surface area (Å²) in [6.45, 7) is 2.62. The predicted molar refractivity (Wildman–Crippen MR) is 148 cm³/mol. The maximum absolute atomic E-state index is 14.1. The smallest absolute Gasteiger partial charge is 0.416 e. The Labute approximate surface area is 241 Å². The molecule has 41 heavy (non-hydrogen) atoms. The summed E-state index contributed by atoms with van der Waals surface area (Å²) in [5.41, 5.74) is -0.605. The quantitative estimate of drug-likeness (QED) is 0.373. The van der Waals surface area contributed by atoms with Crippen LogP contribution in [0.15, 0.2) is 53.0 Å². The number of carbonyl (C=O) groups excluding carboxylic acids is 2. The number of halogens is 4. The number of anilines is 1. The van der Waals surface area contributed by atoms with Crippen molar-refractivity contribution in [1.82, 2.24) is 10.2 Å². The molecule has 0 bridgehead atoms. The highest BCUT2D eigenvalue weighted by molar-refractivity contribution is 9.10. The van der Waals surface area contributed by atoms with Crippen LogP contribution in [0.25, 0.3) is 10.8 Å². The van der Waals surface area contributed by atoms with Gasteiger partial charge in [0, 0.05) is 17.1 Å². The molecule has 3 aromatic carbocycles. The van der Waals surface area contributed by atoms with Gasteiger partial charge in [-0.25, -0.2) is 4.79 Å². The number of hydrogen-bond donors (Lipinski definition) is 2. The first-order chi connectivity index (χ1) is 19.2. The molecular formula is C28H27BrF3N3O6. The van der Waals surface area contributed by atoms with Crippen LogP contribution >= 0.6 is 15.9 Å². The van der Waals surface area contributed by atoms with E-state index in [0.29, 0.717) is 16.7 Å². The van der Waals surface area contributed by atoms with Crippen molar-refractivity contribution >= 4 is 50.3 Å². The van der Waals surface area contributed by atoms with Crippen LogP contribution in [0.2, 0.25) is 0 Å². The summed E-state index contributed by atoms with van der Waals surface area (Å²) in [6, 6.07) is 9.26. The summed E-state index contributed by atoms with van der Waals surface area (Å²) in [4.78, 5) is 40.3. The predicted octanol–water partition coefficient (Wildman–Crippen LogP) is 5.43. The number of carbonyl (C=O) groups is 3. The largest absolute Gasteiger partial charge is 0.496 e. The molecule has 0 spiro atoms. The molecule has 1 aliphatic heterocycles. The number of methoxy groups -OCH3 is 1. The van der Waals surface area contributed by atoms with Crippen molar-refractivity contribution in [2.24, 2.45) is 0 Å². The summed E-state index contributed by atoms with van der Waals surface area (Å²) in [5, 5.41) is 13.3. The van der Waals surface area contributed by atoms with Crippen LogP contribution in [0.4, 0.5) is 23.7 Å². The zero-order valence-corrected chi connectivity index (χ0v) is 24.0. The third kappa shape index (κ3) is 6.04. The van der Waals surface area contributed by atoms with Gasteiger partial charge in [0.25, 0.3) is 5.91 Å². The lowest BCUT2D eigenvalue weighted by Gasteiger charge is -2.29. The number of rotatable bonds is 6. The van der Waals surface area contributed by atoms with Gasteiger partial charge in [-0.3, -0.25) is 14.5 Å². The highest BCUT2D eigenvalue weighted by atomic mass is 79.9. The van der Waals surface area contributed by atoms with Crippen molar-refractivity contribution in [1.29, 1.82) is 0 Å². The van der Waals surface area contributed by atoms with E-state index in [0.717, 1.165) is 37.9 Å².